The Bertz CT molecular complexity index is 1750. The molecule has 4 fully saturated rings. The number of hydrogen-bond acceptors (Lipinski definition) is 4. The van der Waals surface area contributed by atoms with E-state index in [9.17, 15) is 9.00 Å². The van der Waals surface area contributed by atoms with Crippen LogP contribution in [0.5, 0.6) is 5.75 Å². The molecule has 250 valence electrons. The van der Waals surface area contributed by atoms with Crippen LogP contribution in [0.4, 0.5) is 0 Å². The average molecular weight is 657 g/mol. The van der Waals surface area contributed by atoms with Gasteiger partial charge in [0.1, 0.15) is 5.75 Å². The van der Waals surface area contributed by atoms with Crippen LogP contribution in [0.25, 0.3) is 22.2 Å². The molecule has 0 saturated heterocycles. The Balaban J connectivity index is 1.31. The number of hydrogen-bond donors (Lipinski definition) is 1. The van der Waals surface area contributed by atoms with Gasteiger partial charge in [0.15, 0.2) is 11.2 Å². The van der Waals surface area contributed by atoms with Gasteiger partial charge in [-0.25, -0.2) is 8.51 Å². The van der Waals surface area contributed by atoms with Crippen molar-refractivity contribution >= 4 is 33.9 Å². The molecule has 3 atom stereocenters. The van der Waals surface area contributed by atoms with Gasteiger partial charge in [0.2, 0.25) is 5.91 Å². The van der Waals surface area contributed by atoms with Crippen molar-refractivity contribution in [2.75, 3.05) is 21.2 Å². The minimum atomic E-state index is -1.63. The van der Waals surface area contributed by atoms with E-state index in [0.29, 0.717) is 36.0 Å². The maximum atomic E-state index is 15.2. The number of carbonyl (C=O) groups excluding carboxylic acids is 2. The van der Waals surface area contributed by atoms with E-state index < -0.39 is 16.6 Å². The van der Waals surface area contributed by atoms with E-state index in [1.54, 1.807) is 21.2 Å². The summed E-state index contributed by atoms with van der Waals surface area (Å²) in [5.41, 5.74) is 5.98. The monoisotopic (exact) mass is 656 g/mol. The van der Waals surface area contributed by atoms with E-state index in [-0.39, 0.29) is 11.8 Å². The second kappa shape index (κ2) is 12.1. The largest absolute Gasteiger partial charge is 0.497 e. The average Bonchev–Trinajstić information content (AvgIpc) is 4.02. The number of amides is 2. The highest BCUT2D eigenvalue weighted by Crippen LogP contribution is 2.67. The Labute approximate surface area is 280 Å². The molecule has 0 bridgehead atoms. The molecule has 2 heterocycles. The number of nitrogens with one attached hydrogen (secondary N) is 1. The third-order valence-electron chi connectivity index (χ3n) is 11.9. The van der Waals surface area contributed by atoms with Crippen LogP contribution in [0.3, 0.4) is 0 Å². The van der Waals surface area contributed by atoms with Gasteiger partial charge in [0.25, 0.3) is 5.91 Å². The summed E-state index contributed by atoms with van der Waals surface area (Å²) < 4.78 is 24.9. The number of methoxy groups -OCH3 is 1. The van der Waals surface area contributed by atoms with Gasteiger partial charge in [0.05, 0.1) is 18.2 Å². The van der Waals surface area contributed by atoms with Gasteiger partial charge in [-0.3, -0.25) is 14.3 Å². The van der Waals surface area contributed by atoms with Crippen LogP contribution in [0, 0.1) is 5.41 Å². The molecule has 8 nitrogen and oxygen atoms in total. The lowest BCUT2D eigenvalue weighted by Gasteiger charge is -2.37. The summed E-state index contributed by atoms with van der Waals surface area (Å²) in [7, 11) is 5.08. The Morgan fingerprint density at radius 3 is 2.30 bits per heavy atom. The van der Waals surface area contributed by atoms with E-state index >= 15 is 4.79 Å². The highest BCUT2D eigenvalue weighted by molar-refractivity contribution is 7.81. The van der Waals surface area contributed by atoms with Crippen molar-refractivity contribution in [3.63, 3.8) is 0 Å². The number of carbonyl (C=O) groups is 2. The van der Waals surface area contributed by atoms with E-state index in [2.05, 4.69) is 38.5 Å². The Hall–Kier alpha value is -3.17. The van der Waals surface area contributed by atoms with Gasteiger partial charge in [-0.1, -0.05) is 44.6 Å². The summed E-state index contributed by atoms with van der Waals surface area (Å²) in [4.78, 5) is 30.9. The molecule has 0 spiro atoms. The molecule has 3 aromatic rings. The highest BCUT2D eigenvalue weighted by atomic mass is 32.2. The summed E-state index contributed by atoms with van der Waals surface area (Å²) in [6, 6.07) is 13.2. The van der Waals surface area contributed by atoms with Crippen molar-refractivity contribution < 1.29 is 18.5 Å². The highest BCUT2D eigenvalue weighted by Gasteiger charge is 2.65. The van der Waals surface area contributed by atoms with Gasteiger partial charge in [-0.15, -0.1) is 0 Å². The zero-order chi connectivity index (χ0) is 32.4. The number of fused-ring (bicyclic) bond motifs is 7. The minimum Gasteiger partial charge on any atom is -0.497 e. The molecular formula is C38H48N4O4S. The Morgan fingerprint density at radius 1 is 0.915 bits per heavy atom. The van der Waals surface area contributed by atoms with E-state index in [1.807, 2.05) is 12.1 Å². The molecule has 2 aromatic carbocycles. The SMILES string of the molecule is COc1ccc2c(c1)C1CC1(C(=O)N(C1CCCCC1)C1CC1)Cn1c-2c(C2CCCCC2)c2ccc(C(=O)NS(=O)N(C)C)cc21. The number of rotatable bonds is 8. The van der Waals surface area contributed by atoms with Gasteiger partial charge in [-0.05, 0) is 92.3 Å². The quantitative estimate of drug-likeness (QED) is 0.282. The normalized spacial score (nSPS) is 25.0. The van der Waals surface area contributed by atoms with Gasteiger partial charge in [-0.2, -0.15) is 0 Å². The molecule has 0 radical (unpaired) electrons. The summed E-state index contributed by atoms with van der Waals surface area (Å²) in [5.74, 6) is 1.37. The van der Waals surface area contributed by atoms with Gasteiger partial charge < -0.3 is 14.2 Å². The first-order valence-corrected chi connectivity index (χ1v) is 19.0. The van der Waals surface area contributed by atoms with Crippen LogP contribution in [-0.2, 0) is 22.5 Å². The molecule has 2 amide bonds. The van der Waals surface area contributed by atoms with Crippen molar-refractivity contribution in [3.05, 3.63) is 53.1 Å². The summed E-state index contributed by atoms with van der Waals surface area (Å²) >= 11 is -1.63. The van der Waals surface area contributed by atoms with Gasteiger partial charge >= 0.3 is 0 Å². The van der Waals surface area contributed by atoms with Crippen LogP contribution in [0.1, 0.15) is 117 Å². The van der Waals surface area contributed by atoms with Crippen molar-refractivity contribution in [2.24, 2.45) is 5.41 Å². The molecule has 47 heavy (non-hydrogen) atoms. The first-order valence-electron chi connectivity index (χ1n) is 17.9. The van der Waals surface area contributed by atoms with Crippen molar-refractivity contribution in [2.45, 2.75) is 114 Å². The number of aromatic nitrogens is 1. The molecule has 9 heteroatoms. The van der Waals surface area contributed by atoms with Crippen molar-refractivity contribution in [1.29, 1.82) is 0 Å². The third kappa shape index (κ3) is 5.32. The molecule has 5 aliphatic rings. The number of ether oxygens (including phenoxy) is 1. The maximum absolute atomic E-state index is 15.2. The van der Waals surface area contributed by atoms with Crippen LogP contribution >= 0.6 is 0 Å². The molecule has 3 unspecified atom stereocenters. The maximum Gasteiger partial charge on any atom is 0.264 e. The number of benzene rings is 2. The van der Waals surface area contributed by atoms with E-state index in [4.69, 9.17) is 4.74 Å². The lowest BCUT2D eigenvalue weighted by atomic mass is 9.81. The molecular weight excluding hydrogens is 609 g/mol. The zero-order valence-corrected chi connectivity index (χ0v) is 28.9. The van der Waals surface area contributed by atoms with Crippen LogP contribution in [-0.4, -0.2) is 63.1 Å². The molecule has 1 N–H and O–H groups in total. The second-order valence-electron chi connectivity index (χ2n) is 15.0. The van der Waals surface area contributed by atoms with E-state index in [0.717, 1.165) is 56.2 Å². The molecule has 1 aliphatic heterocycles. The predicted octanol–water partition coefficient (Wildman–Crippen LogP) is 7.05. The molecule has 1 aromatic heterocycles. The van der Waals surface area contributed by atoms with Crippen LogP contribution in [0.15, 0.2) is 36.4 Å². The molecule has 4 saturated carbocycles. The molecule has 8 rings (SSSR count). The fraction of sp³-hybridized carbons (Fsp3) is 0.579. The van der Waals surface area contributed by atoms with Crippen LogP contribution in [0.2, 0.25) is 0 Å². The fourth-order valence-electron chi connectivity index (χ4n) is 9.25. The third-order valence-corrected chi connectivity index (χ3v) is 12.9. The zero-order valence-electron chi connectivity index (χ0n) is 28.1. The molecule has 4 aliphatic carbocycles. The standard InChI is InChI=1S/C38H48N4O4S/c1-40(2)47(45)39-36(43)25-14-18-30-33(20-25)41-23-38(37(44)42(27-15-16-27)26-12-8-5-9-13-26)22-32(38)31-21-28(46-3)17-19-29(31)35(41)34(30)24-10-6-4-7-11-24/h14,17-21,24,26-27,32H,4-13,15-16,22-23H2,1-3H3,(H,39,43). The lowest BCUT2D eigenvalue weighted by molar-refractivity contribution is -0.141. The first-order chi connectivity index (χ1) is 22.8. The fourth-order valence-corrected chi connectivity index (χ4v) is 9.71. The predicted molar refractivity (Wildman–Crippen MR) is 186 cm³/mol. The second-order valence-corrected chi connectivity index (χ2v) is 16.4. The van der Waals surface area contributed by atoms with E-state index in [1.165, 1.54) is 70.6 Å². The lowest BCUT2D eigenvalue weighted by Crippen LogP contribution is -2.48. The van der Waals surface area contributed by atoms with Crippen molar-refractivity contribution in [3.8, 4) is 17.0 Å². The minimum absolute atomic E-state index is 0.132. The Kier molecular flexibility index (Phi) is 7.98. The number of nitrogens with zero attached hydrogens (tertiary/aromatic N) is 3. The van der Waals surface area contributed by atoms with Gasteiger partial charge in [0, 0.05) is 60.7 Å². The van der Waals surface area contributed by atoms with Crippen molar-refractivity contribution in [1.82, 2.24) is 18.5 Å². The smallest absolute Gasteiger partial charge is 0.264 e. The summed E-state index contributed by atoms with van der Waals surface area (Å²) in [6.45, 7) is 0.608. The topological polar surface area (TPSA) is 83.9 Å². The summed E-state index contributed by atoms with van der Waals surface area (Å²) in [6.07, 6.45) is 15.0. The van der Waals surface area contributed by atoms with Crippen LogP contribution < -0.4 is 9.46 Å². The Morgan fingerprint density at radius 2 is 1.62 bits per heavy atom. The first kappa shape index (κ1) is 31.1. The summed E-state index contributed by atoms with van der Waals surface area (Å²) in [5, 5.41) is 1.17.